The second-order valence-electron chi connectivity index (χ2n) is 12.4. The van der Waals surface area contributed by atoms with E-state index < -0.39 is 0 Å². The third-order valence-electron chi connectivity index (χ3n) is 8.69. The van der Waals surface area contributed by atoms with Crippen molar-refractivity contribution in [3.05, 3.63) is 0 Å². The predicted molar refractivity (Wildman–Crippen MR) is 126 cm³/mol. The van der Waals surface area contributed by atoms with Crippen LogP contribution in [0.25, 0.3) is 0 Å². The highest BCUT2D eigenvalue weighted by molar-refractivity contribution is 5.70. The van der Waals surface area contributed by atoms with Crippen LogP contribution in [0.15, 0.2) is 0 Å². The van der Waals surface area contributed by atoms with Crippen molar-refractivity contribution in [2.24, 2.45) is 17.8 Å². The third-order valence-corrected chi connectivity index (χ3v) is 8.69. The first-order valence-corrected chi connectivity index (χ1v) is 13.1. The highest BCUT2D eigenvalue weighted by atomic mass is 16.6. The molecule has 0 aliphatic carbocycles. The van der Waals surface area contributed by atoms with Gasteiger partial charge in [0.05, 0.1) is 0 Å². The van der Waals surface area contributed by atoms with Crippen LogP contribution < -0.4 is 10.6 Å². The standard InChI is InChI=1S/C12H21NO2.2C7H13N/c1-8-7-9-5-6-10(8)13(9)11(14)15-12(2,3)4;2*1-5-4-6-2-3-7(5)8-6/h8-10H,5-7H2,1-4H3;2*5-8H,2-4H2,1H3/t;5-,6+,7+;5-,6-,7-/m.10/s1. The minimum Gasteiger partial charge on any atom is -0.444 e. The maximum absolute atomic E-state index is 12.0. The maximum atomic E-state index is 12.0. The third kappa shape index (κ3) is 5.40. The smallest absolute Gasteiger partial charge is 0.410 e. The molecular formula is C26H47N3O2. The van der Waals surface area contributed by atoms with E-state index in [1.165, 1.54) is 38.5 Å². The first kappa shape index (κ1) is 23.4. The molecule has 6 aliphatic rings. The zero-order valence-electron chi connectivity index (χ0n) is 20.8. The number of hydrogen-bond donors (Lipinski definition) is 2. The Morgan fingerprint density at radius 2 is 1.32 bits per heavy atom. The van der Waals surface area contributed by atoms with Crippen molar-refractivity contribution in [3.63, 3.8) is 0 Å². The van der Waals surface area contributed by atoms with Crippen molar-refractivity contribution in [3.8, 4) is 0 Å². The van der Waals surface area contributed by atoms with Gasteiger partial charge < -0.3 is 20.3 Å². The summed E-state index contributed by atoms with van der Waals surface area (Å²) in [6.45, 7) is 12.7. The molecule has 3 unspecified atom stereocenters. The summed E-state index contributed by atoms with van der Waals surface area (Å²) in [7, 11) is 0. The fourth-order valence-electron chi connectivity index (χ4n) is 7.08. The zero-order chi connectivity index (χ0) is 22.3. The lowest BCUT2D eigenvalue weighted by molar-refractivity contribution is 0.0207. The Labute approximate surface area is 190 Å². The van der Waals surface area contributed by atoms with Crippen LogP contribution in [0.2, 0.25) is 0 Å². The van der Waals surface area contributed by atoms with E-state index in [0.29, 0.717) is 18.0 Å². The van der Waals surface area contributed by atoms with Gasteiger partial charge in [-0.25, -0.2) is 4.79 Å². The molecule has 6 saturated heterocycles. The molecule has 6 heterocycles. The van der Waals surface area contributed by atoms with E-state index in [-0.39, 0.29) is 11.7 Å². The van der Waals surface area contributed by atoms with E-state index in [2.05, 4.69) is 31.4 Å². The van der Waals surface area contributed by atoms with Crippen molar-refractivity contribution in [1.29, 1.82) is 0 Å². The monoisotopic (exact) mass is 433 g/mol. The molecule has 9 atom stereocenters. The van der Waals surface area contributed by atoms with E-state index >= 15 is 0 Å². The fraction of sp³-hybridized carbons (Fsp3) is 0.962. The highest BCUT2D eigenvalue weighted by Gasteiger charge is 2.48. The van der Waals surface area contributed by atoms with Gasteiger partial charge in [0.1, 0.15) is 5.60 Å². The number of hydrogen-bond acceptors (Lipinski definition) is 4. The summed E-state index contributed by atoms with van der Waals surface area (Å²) in [6, 6.07) is 4.45. The molecule has 178 valence electrons. The number of carbonyl (C=O) groups excluding carboxylic acids is 1. The molecular weight excluding hydrogens is 386 g/mol. The summed E-state index contributed by atoms with van der Waals surface area (Å²) < 4.78 is 5.44. The van der Waals surface area contributed by atoms with Crippen LogP contribution in [-0.4, -0.2) is 52.8 Å². The molecule has 0 radical (unpaired) electrons. The summed E-state index contributed by atoms with van der Waals surface area (Å²) in [4.78, 5) is 14.0. The summed E-state index contributed by atoms with van der Waals surface area (Å²) in [5.74, 6) is 2.58. The van der Waals surface area contributed by atoms with E-state index in [1.807, 2.05) is 25.7 Å². The van der Waals surface area contributed by atoms with Gasteiger partial charge >= 0.3 is 6.09 Å². The lowest BCUT2D eigenvalue weighted by Crippen LogP contribution is -2.40. The van der Waals surface area contributed by atoms with Gasteiger partial charge in [-0.2, -0.15) is 0 Å². The molecule has 5 nitrogen and oxygen atoms in total. The molecule has 0 aromatic rings. The minimum atomic E-state index is -0.373. The number of nitrogens with one attached hydrogen (secondary N) is 2. The van der Waals surface area contributed by atoms with Crippen molar-refractivity contribution in [2.45, 2.75) is 141 Å². The van der Waals surface area contributed by atoms with Gasteiger partial charge in [-0.15, -0.1) is 0 Å². The first-order valence-electron chi connectivity index (χ1n) is 13.1. The van der Waals surface area contributed by atoms with Crippen LogP contribution in [0, 0.1) is 17.8 Å². The predicted octanol–water partition coefficient (Wildman–Crippen LogP) is 5.09. The summed E-state index contributed by atoms with van der Waals surface area (Å²) in [6.07, 6.45) is 12.0. The van der Waals surface area contributed by atoms with Gasteiger partial charge in [0, 0.05) is 36.3 Å². The summed E-state index contributed by atoms with van der Waals surface area (Å²) in [5, 5.41) is 7.16. The number of ether oxygens (including phenoxy) is 1. The molecule has 1 amide bonds. The fourth-order valence-corrected chi connectivity index (χ4v) is 7.08. The van der Waals surface area contributed by atoms with E-state index in [1.54, 1.807) is 0 Å². The highest BCUT2D eigenvalue weighted by Crippen LogP contribution is 2.42. The SMILES string of the molecule is CC1CC2CCC1N2C(=O)OC(C)(C)C.C[C@@H]1C[C@@H]2CC[C@@H]1N2.C[C@H]1C[C@@H]2CC[C@@H]1N2. The zero-order valence-corrected chi connectivity index (χ0v) is 20.8. The first-order chi connectivity index (χ1) is 14.6. The molecule has 0 aromatic heterocycles. The lowest BCUT2D eigenvalue weighted by atomic mass is 9.91. The van der Waals surface area contributed by atoms with Crippen LogP contribution in [0.5, 0.6) is 0 Å². The van der Waals surface area contributed by atoms with Crippen LogP contribution in [0.4, 0.5) is 4.79 Å². The Hall–Kier alpha value is -0.810. The molecule has 6 aliphatic heterocycles. The van der Waals surface area contributed by atoms with Gasteiger partial charge in [0.2, 0.25) is 0 Å². The van der Waals surface area contributed by atoms with Gasteiger partial charge in [0.15, 0.2) is 0 Å². The molecule has 2 N–H and O–H groups in total. The maximum Gasteiger partial charge on any atom is 0.410 e. The molecule has 5 heteroatoms. The molecule has 0 aromatic carbocycles. The normalized spacial score (nSPS) is 44.1. The van der Waals surface area contributed by atoms with Crippen molar-refractivity contribution >= 4 is 6.09 Å². The Morgan fingerprint density at radius 1 is 0.774 bits per heavy atom. The van der Waals surface area contributed by atoms with Crippen molar-refractivity contribution in [1.82, 2.24) is 15.5 Å². The second-order valence-corrected chi connectivity index (χ2v) is 12.4. The van der Waals surface area contributed by atoms with Gasteiger partial charge in [-0.3, -0.25) is 0 Å². The van der Waals surface area contributed by atoms with E-state index in [0.717, 1.165) is 55.3 Å². The topological polar surface area (TPSA) is 53.6 Å². The second kappa shape index (κ2) is 9.21. The lowest BCUT2D eigenvalue weighted by Gasteiger charge is -2.27. The van der Waals surface area contributed by atoms with Crippen LogP contribution >= 0.6 is 0 Å². The molecule has 0 spiro atoms. The minimum absolute atomic E-state index is 0.112. The Morgan fingerprint density at radius 3 is 1.58 bits per heavy atom. The quantitative estimate of drug-likeness (QED) is 0.559. The molecule has 6 rings (SSSR count). The Balaban J connectivity index is 0.000000121. The molecule has 31 heavy (non-hydrogen) atoms. The summed E-state index contributed by atoms with van der Waals surface area (Å²) in [5.41, 5.74) is -0.373. The Bertz CT molecular complexity index is 603. The summed E-state index contributed by atoms with van der Waals surface area (Å²) >= 11 is 0. The van der Waals surface area contributed by atoms with E-state index in [9.17, 15) is 4.79 Å². The molecule has 0 saturated carbocycles. The van der Waals surface area contributed by atoms with Crippen LogP contribution in [0.1, 0.15) is 99.3 Å². The number of carbonyl (C=O) groups is 1. The Kier molecular flexibility index (Phi) is 6.94. The number of fused-ring (bicyclic) bond motifs is 6. The number of nitrogens with zero attached hydrogens (tertiary/aromatic N) is 1. The average Bonchev–Trinajstić information content (AvgIpc) is 3.49. The average molecular weight is 434 g/mol. The van der Waals surface area contributed by atoms with Crippen LogP contribution in [0.3, 0.4) is 0 Å². The van der Waals surface area contributed by atoms with Crippen LogP contribution in [-0.2, 0) is 4.74 Å². The number of amides is 1. The van der Waals surface area contributed by atoms with Crippen molar-refractivity contribution < 1.29 is 9.53 Å². The number of rotatable bonds is 0. The van der Waals surface area contributed by atoms with Crippen molar-refractivity contribution in [2.75, 3.05) is 0 Å². The molecule has 6 bridgehead atoms. The van der Waals surface area contributed by atoms with Gasteiger partial charge in [-0.05, 0) is 96.3 Å². The van der Waals surface area contributed by atoms with Gasteiger partial charge in [0.25, 0.3) is 0 Å². The van der Waals surface area contributed by atoms with Gasteiger partial charge in [-0.1, -0.05) is 20.8 Å². The van der Waals surface area contributed by atoms with E-state index in [4.69, 9.17) is 4.74 Å². The largest absolute Gasteiger partial charge is 0.444 e. The molecule has 6 fully saturated rings.